The Balaban J connectivity index is 1.75. The van der Waals surface area contributed by atoms with Crippen molar-refractivity contribution < 1.29 is 14.3 Å². The summed E-state index contributed by atoms with van der Waals surface area (Å²) >= 11 is 0. The molecule has 29 heavy (non-hydrogen) atoms. The molecule has 2 rings (SSSR count). The van der Waals surface area contributed by atoms with Crippen LogP contribution in [0, 0.1) is 13.8 Å². The smallest absolute Gasteiger partial charge is 0.332 e. The van der Waals surface area contributed by atoms with E-state index in [0.717, 1.165) is 15.7 Å². The second-order valence-corrected chi connectivity index (χ2v) is 6.74. The lowest BCUT2D eigenvalue weighted by molar-refractivity contribution is -0.134. The number of ether oxygens (including phenoxy) is 1. The summed E-state index contributed by atoms with van der Waals surface area (Å²) in [6, 6.07) is 6.91. The van der Waals surface area contributed by atoms with Gasteiger partial charge < -0.3 is 15.4 Å². The zero-order valence-corrected chi connectivity index (χ0v) is 17.1. The number of aromatic nitrogens is 2. The van der Waals surface area contributed by atoms with Crippen molar-refractivity contribution in [1.82, 2.24) is 14.5 Å². The lowest BCUT2D eigenvalue weighted by Crippen LogP contribution is -2.37. The molecule has 0 unspecified atom stereocenters. The van der Waals surface area contributed by atoms with Crippen LogP contribution in [0.5, 0.6) is 5.75 Å². The summed E-state index contributed by atoms with van der Waals surface area (Å²) in [5, 5.41) is 5.54. The van der Waals surface area contributed by atoms with Gasteiger partial charge in [0.2, 0.25) is 5.91 Å². The molecule has 0 saturated carbocycles. The van der Waals surface area contributed by atoms with Gasteiger partial charge in [0.25, 0.3) is 5.56 Å². The Labute approximate surface area is 168 Å². The normalized spacial score (nSPS) is 10.5. The van der Waals surface area contributed by atoms with E-state index in [2.05, 4.69) is 10.6 Å². The Morgan fingerprint density at radius 1 is 1.00 bits per heavy atom. The highest BCUT2D eigenvalue weighted by atomic mass is 16.5. The predicted octanol–water partition coefficient (Wildman–Crippen LogP) is 0.615. The van der Waals surface area contributed by atoms with Crippen LogP contribution in [0.2, 0.25) is 0 Å². The van der Waals surface area contributed by atoms with Gasteiger partial charge in [-0.15, -0.1) is 0 Å². The van der Waals surface area contributed by atoms with Crippen molar-refractivity contribution in [3.05, 3.63) is 56.2 Å². The summed E-state index contributed by atoms with van der Waals surface area (Å²) < 4.78 is 7.67. The number of para-hydroxylation sites is 1. The summed E-state index contributed by atoms with van der Waals surface area (Å²) in [6.07, 6.45) is 0.172. The number of hydrogen-bond acceptors (Lipinski definition) is 6. The van der Waals surface area contributed by atoms with Crippen LogP contribution in [0.4, 0.5) is 5.82 Å². The van der Waals surface area contributed by atoms with Crippen LogP contribution in [0.25, 0.3) is 0 Å². The first-order valence-corrected chi connectivity index (χ1v) is 9.25. The van der Waals surface area contributed by atoms with E-state index in [0.29, 0.717) is 11.6 Å². The van der Waals surface area contributed by atoms with Crippen LogP contribution < -0.4 is 26.6 Å². The topological polar surface area (TPSA) is 111 Å². The number of rotatable bonds is 8. The molecule has 156 valence electrons. The van der Waals surface area contributed by atoms with Gasteiger partial charge in [-0.3, -0.25) is 23.5 Å². The van der Waals surface area contributed by atoms with Gasteiger partial charge in [0, 0.05) is 39.7 Å². The van der Waals surface area contributed by atoms with Crippen molar-refractivity contribution in [1.29, 1.82) is 0 Å². The SMILES string of the molecule is Cc1cccc(C)c1OC(=O)CCNC(=O)CCNc1cc(=O)n(C)c(=O)n1C. The number of esters is 1. The molecule has 9 heteroatoms. The van der Waals surface area contributed by atoms with Crippen molar-refractivity contribution in [2.45, 2.75) is 26.7 Å². The van der Waals surface area contributed by atoms with E-state index < -0.39 is 17.2 Å². The standard InChI is InChI=1S/C20H26N4O5/c1-13-6-5-7-14(2)19(13)29-18(27)9-11-22-16(25)8-10-21-15-12-17(26)24(4)20(28)23(15)3/h5-7,12,21H,8-11H2,1-4H3,(H,22,25). The Morgan fingerprint density at radius 3 is 2.31 bits per heavy atom. The molecule has 1 amide bonds. The maximum atomic E-state index is 12.0. The number of benzene rings is 1. The van der Waals surface area contributed by atoms with Crippen molar-refractivity contribution in [2.75, 3.05) is 18.4 Å². The van der Waals surface area contributed by atoms with Gasteiger partial charge in [-0.25, -0.2) is 4.79 Å². The van der Waals surface area contributed by atoms with E-state index in [4.69, 9.17) is 4.74 Å². The molecule has 0 aliphatic heterocycles. The summed E-state index contributed by atoms with van der Waals surface area (Å²) in [5.74, 6) is 0.206. The Hall–Kier alpha value is -3.36. The number of aryl methyl sites for hydroxylation is 2. The van der Waals surface area contributed by atoms with Crippen LogP contribution in [-0.2, 0) is 23.7 Å². The molecule has 0 spiro atoms. The molecule has 1 heterocycles. The molecule has 0 atom stereocenters. The Bertz CT molecular complexity index is 1000. The zero-order valence-electron chi connectivity index (χ0n) is 17.1. The lowest BCUT2D eigenvalue weighted by atomic mass is 10.1. The second kappa shape index (κ2) is 9.72. The Morgan fingerprint density at radius 2 is 1.66 bits per heavy atom. The summed E-state index contributed by atoms with van der Waals surface area (Å²) in [4.78, 5) is 47.4. The maximum Gasteiger partial charge on any atom is 0.332 e. The molecular weight excluding hydrogens is 376 g/mol. The number of amides is 1. The molecule has 0 aliphatic carbocycles. The van der Waals surface area contributed by atoms with Gasteiger partial charge in [-0.05, 0) is 25.0 Å². The number of hydrogen-bond donors (Lipinski definition) is 2. The molecule has 0 aliphatic rings. The second-order valence-electron chi connectivity index (χ2n) is 6.74. The molecule has 9 nitrogen and oxygen atoms in total. The van der Waals surface area contributed by atoms with Gasteiger partial charge in [0.05, 0.1) is 6.42 Å². The highest BCUT2D eigenvalue weighted by Crippen LogP contribution is 2.22. The highest BCUT2D eigenvalue weighted by Gasteiger charge is 2.11. The van der Waals surface area contributed by atoms with Crippen LogP contribution in [0.1, 0.15) is 24.0 Å². The number of carbonyl (C=O) groups is 2. The first-order chi connectivity index (χ1) is 13.7. The number of nitrogens with one attached hydrogen (secondary N) is 2. The van der Waals surface area contributed by atoms with E-state index in [9.17, 15) is 19.2 Å². The molecule has 1 aromatic heterocycles. The van der Waals surface area contributed by atoms with Gasteiger partial charge >= 0.3 is 11.7 Å². The molecule has 2 N–H and O–H groups in total. The third kappa shape index (κ3) is 5.81. The van der Waals surface area contributed by atoms with Gasteiger partial charge in [0.15, 0.2) is 0 Å². The first kappa shape index (κ1) is 21.9. The molecular formula is C20H26N4O5. The fourth-order valence-corrected chi connectivity index (χ4v) is 2.72. The predicted molar refractivity (Wildman–Crippen MR) is 109 cm³/mol. The van der Waals surface area contributed by atoms with Gasteiger partial charge in [0.1, 0.15) is 11.6 Å². The largest absolute Gasteiger partial charge is 0.426 e. The van der Waals surface area contributed by atoms with Crippen molar-refractivity contribution >= 4 is 17.7 Å². The minimum atomic E-state index is -0.452. The molecule has 2 aromatic rings. The van der Waals surface area contributed by atoms with E-state index >= 15 is 0 Å². The van der Waals surface area contributed by atoms with E-state index in [1.165, 1.54) is 24.7 Å². The third-order valence-electron chi connectivity index (χ3n) is 4.46. The molecule has 1 aromatic carbocycles. The summed E-state index contributed by atoms with van der Waals surface area (Å²) in [7, 11) is 2.93. The van der Waals surface area contributed by atoms with Crippen molar-refractivity contribution in [3.8, 4) is 5.75 Å². The van der Waals surface area contributed by atoms with E-state index in [1.54, 1.807) is 0 Å². The first-order valence-electron chi connectivity index (χ1n) is 9.25. The molecule has 0 bridgehead atoms. The minimum Gasteiger partial charge on any atom is -0.426 e. The quantitative estimate of drug-likeness (QED) is 0.494. The molecule has 0 fully saturated rings. The van der Waals surface area contributed by atoms with Crippen LogP contribution in [0.3, 0.4) is 0 Å². The number of anilines is 1. The fourth-order valence-electron chi connectivity index (χ4n) is 2.72. The van der Waals surface area contributed by atoms with Gasteiger partial charge in [-0.2, -0.15) is 0 Å². The highest BCUT2D eigenvalue weighted by molar-refractivity contribution is 5.78. The van der Waals surface area contributed by atoms with Crippen LogP contribution >= 0.6 is 0 Å². The van der Waals surface area contributed by atoms with Crippen molar-refractivity contribution in [3.63, 3.8) is 0 Å². The fraction of sp³-hybridized carbons (Fsp3) is 0.400. The van der Waals surface area contributed by atoms with Gasteiger partial charge in [-0.1, -0.05) is 18.2 Å². The lowest BCUT2D eigenvalue weighted by Gasteiger charge is -2.12. The molecule has 0 radical (unpaired) electrons. The van der Waals surface area contributed by atoms with Crippen molar-refractivity contribution in [2.24, 2.45) is 14.1 Å². The average molecular weight is 402 g/mol. The Kier molecular flexibility index (Phi) is 7.35. The number of nitrogens with zero attached hydrogens (tertiary/aromatic N) is 2. The van der Waals surface area contributed by atoms with Crippen LogP contribution in [-0.4, -0.2) is 34.1 Å². The van der Waals surface area contributed by atoms with Crippen LogP contribution in [0.15, 0.2) is 33.9 Å². The zero-order chi connectivity index (χ0) is 21.6. The third-order valence-corrected chi connectivity index (χ3v) is 4.46. The van der Waals surface area contributed by atoms with E-state index in [1.807, 2.05) is 32.0 Å². The minimum absolute atomic E-state index is 0.0518. The average Bonchev–Trinajstić information content (AvgIpc) is 2.67. The van der Waals surface area contributed by atoms with E-state index in [-0.39, 0.29) is 31.8 Å². The monoisotopic (exact) mass is 402 g/mol. The molecule has 0 saturated heterocycles. The summed E-state index contributed by atoms with van der Waals surface area (Å²) in [5.41, 5.74) is 0.867. The summed E-state index contributed by atoms with van der Waals surface area (Å²) in [6.45, 7) is 4.12. The maximum absolute atomic E-state index is 12.0. The number of carbonyl (C=O) groups excluding carboxylic acids is 2.